The maximum Gasteiger partial charge on any atom is 0.0933 e. The third-order valence-electron chi connectivity index (χ3n) is 3.94. The summed E-state index contributed by atoms with van der Waals surface area (Å²) < 4.78 is 5.54. The molecule has 0 aliphatic carbocycles. The highest BCUT2D eigenvalue weighted by Gasteiger charge is 2.25. The molecule has 2 unspecified atom stereocenters. The molecule has 1 heterocycles. The van der Waals surface area contributed by atoms with Crippen LogP contribution in [0.5, 0.6) is 0 Å². The topological polar surface area (TPSA) is 58.7 Å². The molecule has 0 spiro atoms. The summed E-state index contributed by atoms with van der Waals surface area (Å²) >= 11 is 0. The Hall–Kier alpha value is -0.160. The van der Waals surface area contributed by atoms with Gasteiger partial charge in [0.25, 0.3) is 0 Å². The van der Waals surface area contributed by atoms with Crippen LogP contribution in [0.15, 0.2) is 0 Å². The molecule has 108 valence electrons. The van der Waals surface area contributed by atoms with E-state index in [0.29, 0.717) is 6.04 Å². The highest BCUT2D eigenvalue weighted by atomic mass is 16.5. The molecule has 1 rings (SSSR count). The van der Waals surface area contributed by atoms with Gasteiger partial charge in [0.05, 0.1) is 19.3 Å². The minimum Gasteiger partial charge on any atom is -0.394 e. The van der Waals surface area contributed by atoms with Crippen molar-refractivity contribution < 1.29 is 9.84 Å². The molecule has 1 aliphatic rings. The van der Waals surface area contributed by atoms with Gasteiger partial charge in [0.15, 0.2) is 0 Å². The Kier molecular flexibility index (Phi) is 6.57. The molecule has 3 N–H and O–H groups in total. The molecule has 0 amide bonds. The molecule has 18 heavy (non-hydrogen) atoms. The van der Waals surface area contributed by atoms with Gasteiger partial charge in [-0.2, -0.15) is 0 Å². The lowest BCUT2D eigenvalue weighted by atomic mass is 9.87. The molecule has 0 saturated carbocycles. The first-order valence-corrected chi connectivity index (χ1v) is 7.15. The third-order valence-corrected chi connectivity index (χ3v) is 3.94. The Balaban J connectivity index is 2.21. The normalized spacial score (nSPS) is 26.5. The third kappa shape index (κ3) is 5.22. The molecule has 4 nitrogen and oxygen atoms in total. The summed E-state index contributed by atoms with van der Waals surface area (Å²) in [7, 11) is 0. The summed E-state index contributed by atoms with van der Waals surface area (Å²) in [5.74, 6) is 0. The second kappa shape index (κ2) is 7.43. The largest absolute Gasteiger partial charge is 0.394 e. The maximum absolute atomic E-state index is 9.14. The Morgan fingerprint density at radius 1 is 1.39 bits per heavy atom. The molecule has 0 aromatic heterocycles. The van der Waals surface area contributed by atoms with Gasteiger partial charge in [-0.1, -0.05) is 20.3 Å². The van der Waals surface area contributed by atoms with Crippen molar-refractivity contribution >= 4 is 0 Å². The molecule has 1 aliphatic heterocycles. The smallest absolute Gasteiger partial charge is 0.0933 e. The molecular weight excluding hydrogens is 228 g/mol. The molecule has 0 aromatic carbocycles. The van der Waals surface area contributed by atoms with Gasteiger partial charge >= 0.3 is 0 Å². The second-order valence-electron chi connectivity index (χ2n) is 6.31. The van der Waals surface area contributed by atoms with Crippen molar-refractivity contribution in [3.05, 3.63) is 0 Å². The van der Waals surface area contributed by atoms with Crippen molar-refractivity contribution in [3.8, 4) is 0 Å². The quantitative estimate of drug-likeness (QED) is 0.674. The lowest BCUT2D eigenvalue weighted by molar-refractivity contribution is -0.0780. The average molecular weight is 258 g/mol. The van der Waals surface area contributed by atoms with Crippen LogP contribution in [0.25, 0.3) is 0 Å². The molecule has 0 aromatic rings. The summed E-state index contributed by atoms with van der Waals surface area (Å²) in [4.78, 5) is 2.43. The number of aliphatic hydroxyl groups excluding tert-OH is 1. The van der Waals surface area contributed by atoms with Gasteiger partial charge in [-0.25, -0.2) is 0 Å². The van der Waals surface area contributed by atoms with Crippen molar-refractivity contribution in [2.75, 3.05) is 32.8 Å². The number of nitrogens with two attached hydrogens (primary N) is 1. The number of morpholine rings is 1. The van der Waals surface area contributed by atoms with E-state index in [1.54, 1.807) is 0 Å². The van der Waals surface area contributed by atoms with Gasteiger partial charge in [0, 0.05) is 12.6 Å². The van der Waals surface area contributed by atoms with Crippen molar-refractivity contribution in [1.29, 1.82) is 0 Å². The molecule has 4 heteroatoms. The average Bonchev–Trinajstić information content (AvgIpc) is 2.36. The predicted molar refractivity (Wildman–Crippen MR) is 74.5 cm³/mol. The van der Waals surface area contributed by atoms with Crippen LogP contribution in [0.4, 0.5) is 0 Å². The number of nitrogens with zero attached hydrogens (tertiary/aromatic N) is 1. The summed E-state index contributed by atoms with van der Waals surface area (Å²) in [6, 6.07) is 0.468. The Labute approximate surface area is 111 Å². The summed E-state index contributed by atoms with van der Waals surface area (Å²) in [6.45, 7) is 10.2. The van der Waals surface area contributed by atoms with Crippen molar-refractivity contribution in [1.82, 2.24) is 4.90 Å². The Bertz CT molecular complexity index is 234. The minimum atomic E-state index is 0.00156. The first-order valence-electron chi connectivity index (χ1n) is 7.15. The number of rotatable bonds is 7. The second-order valence-corrected chi connectivity index (χ2v) is 6.31. The molecule has 0 bridgehead atoms. The highest BCUT2D eigenvalue weighted by molar-refractivity contribution is 4.77. The number of aliphatic hydroxyl groups is 1. The van der Waals surface area contributed by atoms with E-state index in [2.05, 4.69) is 25.7 Å². The van der Waals surface area contributed by atoms with E-state index in [9.17, 15) is 0 Å². The van der Waals surface area contributed by atoms with Gasteiger partial charge in [0.1, 0.15) is 0 Å². The summed E-state index contributed by atoms with van der Waals surface area (Å²) in [6.07, 6.45) is 3.61. The van der Waals surface area contributed by atoms with E-state index >= 15 is 0 Å². The summed E-state index contributed by atoms with van der Waals surface area (Å²) in [5, 5.41) is 9.14. The first-order chi connectivity index (χ1) is 8.48. The highest BCUT2D eigenvalue weighted by Crippen LogP contribution is 2.22. The molecule has 1 saturated heterocycles. The fourth-order valence-electron chi connectivity index (χ4n) is 2.32. The number of hydrogen-bond acceptors (Lipinski definition) is 4. The van der Waals surface area contributed by atoms with Gasteiger partial charge in [-0.3, -0.25) is 4.90 Å². The molecule has 2 atom stereocenters. The zero-order valence-electron chi connectivity index (χ0n) is 12.2. The minimum absolute atomic E-state index is 0.00156. The van der Waals surface area contributed by atoms with Crippen LogP contribution in [0, 0.1) is 5.41 Å². The fraction of sp³-hybridized carbons (Fsp3) is 1.00. The van der Waals surface area contributed by atoms with Crippen molar-refractivity contribution in [2.24, 2.45) is 11.1 Å². The van der Waals surface area contributed by atoms with Gasteiger partial charge in [0.2, 0.25) is 0 Å². The number of ether oxygens (including phenoxy) is 1. The molecule has 1 fully saturated rings. The van der Waals surface area contributed by atoms with E-state index in [4.69, 9.17) is 15.6 Å². The van der Waals surface area contributed by atoms with E-state index in [-0.39, 0.29) is 18.1 Å². The zero-order chi connectivity index (χ0) is 13.6. The van der Waals surface area contributed by atoms with Gasteiger partial charge < -0.3 is 15.6 Å². The number of unbranched alkanes of at least 4 members (excludes halogenated alkanes) is 1. The van der Waals surface area contributed by atoms with E-state index in [1.807, 2.05) is 0 Å². The van der Waals surface area contributed by atoms with Gasteiger partial charge in [-0.05, 0) is 38.3 Å². The van der Waals surface area contributed by atoms with E-state index in [1.165, 1.54) is 19.3 Å². The van der Waals surface area contributed by atoms with Crippen LogP contribution < -0.4 is 5.73 Å². The van der Waals surface area contributed by atoms with Gasteiger partial charge in [-0.15, -0.1) is 0 Å². The maximum atomic E-state index is 9.14. The predicted octanol–water partition coefficient (Wildman–Crippen LogP) is 1.22. The lowest BCUT2D eigenvalue weighted by Gasteiger charge is -2.37. The fourth-order valence-corrected chi connectivity index (χ4v) is 2.32. The van der Waals surface area contributed by atoms with E-state index in [0.717, 1.165) is 26.2 Å². The van der Waals surface area contributed by atoms with E-state index < -0.39 is 0 Å². The zero-order valence-corrected chi connectivity index (χ0v) is 12.2. The van der Waals surface area contributed by atoms with Crippen LogP contribution >= 0.6 is 0 Å². The lowest BCUT2D eigenvalue weighted by Crippen LogP contribution is -2.49. The van der Waals surface area contributed by atoms with Crippen molar-refractivity contribution in [3.63, 3.8) is 0 Å². The van der Waals surface area contributed by atoms with Crippen LogP contribution in [0.3, 0.4) is 0 Å². The van der Waals surface area contributed by atoms with Crippen LogP contribution in [0.2, 0.25) is 0 Å². The van der Waals surface area contributed by atoms with Crippen LogP contribution in [0.1, 0.15) is 40.0 Å². The Morgan fingerprint density at radius 3 is 2.72 bits per heavy atom. The van der Waals surface area contributed by atoms with Crippen LogP contribution in [-0.2, 0) is 4.74 Å². The van der Waals surface area contributed by atoms with Crippen molar-refractivity contribution in [2.45, 2.75) is 52.2 Å². The van der Waals surface area contributed by atoms with Crippen LogP contribution in [-0.4, -0.2) is 55.0 Å². The molecule has 0 radical (unpaired) electrons. The SMILES string of the molecule is CC1COC(CO)CN1CCCCC(C)(C)CN. The first kappa shape index (κ1) is 15.9. The molecular formula is C14H30N2O2. The summed E-state index contributed by atoms with van der Waals surface area (Å²) in [5.41, 5.74) is 6.00. The Morgan fingerprint density at radius 2 is 2.11 bits per heavy atom. The number of hydrogen-bond donors (Lipinski definition) is 2. The standard InChI is InChI=1S/C14H30N2O2/c1-12-10-18-13(9-17)8-16(12)7-5-4-6-14(2,3)11-15/h12-13,17H,4-11,15H2,1-3H3. The monoisotopic (exact) mass is 258 g/mol.